The molecule has 1 aliphatic rings. The van der Waals surface area contributed by atoms with Crippen molar-refractivity contribution in [3.8, 4) is 19.5 Å². The fourth-order valence-corrected chi connectivity index (χ4v) is 7.09. The first-order valence-corrected chi connectivity index (χ1v) is 10.3. The third kappa shape index (κ3) is 1.55. The van der Waals surface area contributed by atoms with E-state index in [0.717, 1.165) is 16.7 Å². The summed E-state index contributed by atoms with van der Waals surface area (Å²) in [5, 5.41) is 20.1. The average Bonchev–Trinajstić information content (AvgIpc) is 3.34. The quantitative estimate of drug-likeness (QED) is 0.475. The van der Waals surface area contributed by atoms with Gasteiger partial charge in [-0.2, -0.15) is 0 Å². The summed E-state index contributed by atoms with van der Waals surface area (Å²) in [6, 6.07) is 10.4. The van der Waals surface area contributed by atoms with Crippen molar-refractivity contribution in [2.45, 2.75) is 5.60 Å². The standard InChI is InChI=1S/C17H10OS4/c18-17(10-3-7-20-14(10)13-2-1-6-19-13)11-4-8-21-15(11)16-12(17)5-9-22-16/h1-9,18H. The molecule has 0 saturated heterocycles. The third-order valence-corrected chi connectivity index (χ3v) is 8.07. The molecule has 0 spiro atoms. The Kier molecular flexibility index (Phi) is 2.78. The summed E-state index contributed by atoms with van der Waals surface area (Å²) in [6.07, 6.45) is 0. The minimum absolute atomic E-state index is 1.01. The Bertz CT molecular complexity index is 914. The van der Waals surface area contributed by atoms with Crippen LogP contribution < -0.4 is 0 Å². The minimum Gasteiger partial charge on any atom is -0.376 e. The molecule has 1 nitrogen and oxygen atoms in total. The molecule has 1 aliphatic carbocycles. The van der Waals surface area contributed by atoms with E-state index >= 15 is 0 Å². The molecule has 0 aromatic carbocycles. The number of rotatable bonds is 2. The molecule has 0 saturated carbocycles. The van der Waals surface area contributed by atoms with Gasteiger partial charge in [-0.25, -0.2) is 0 Å². The maximum absolute atomic E-state index is 11.7. The molecule has 0 aliphatic heterocycles. The van der Waals surface area contributed by atoms with Crippen LogP contribution >= 0.6 is 45.3 Å². The Labute approximate surface area is 143 Å². The summed E-state index contributed by atoms with van der Waals surface area (Å²) < 4.78 is 0. The molecule has 0 radical (unpaired) electrons. The molecule has 0 unspecified atom stereocenters. The van der Waals surface area contributed by atoms with E-state index in [0.29, 0.717) is 0 Å². The SMILES string of the molecule is OC1(c2ccsc2-c2cccs2)c2ccsc2-c2sccc21. The molecule has 4 aromatic rings. The van der Waals surface area contributed by atoms with E-state index in [1.165, 1.54) is 19.5 Å². The van der Waals surface area contributed by atoms with Crippen LogP contribution in [0.2, 0.25) is 0 Å². The van der Waals surface area contributed by atoms with Gasteiger partial charge in [0.2, 0.25) is 0 Å². The predicted molar refractivity (Wildman–Crippen MR) is 97.4 cm³/mol. The van der Waals surface area contributed by atoms with Crippen molar-refractivity contribution in [2.24, 2.45) is 0 Å². The Hall–Kier alpha value is -1.24. The van der Waals surface area contributed by atoms with E-state index < -0.39 is 5.60 Å². The maximum atomic E-state index is 11.7. The average molecular weight is 359 g/mol. The lowest BCUT2D eigenvalue weighted by molar-refractivity contribution is 0.132. The normalized spacial score (nSPS) is 15.0. The minimum atomic E-state index is -1.01. The van der Waals surface area contributed by atoms with E-state index in [1.54, 1.807) is 45.3 Å². The molecule has 0 amide bonds. The zero-order valence-corrected chi connectivity index (χ0v) is 14.5. The van der Waals surface area contributed by atoms with Crippen LogP contribution in [-0.4, -0.2) is 5.11 Å². The predicted octanol–water partition coefficient (Wildman–Crippen LogP) is 5.86. The molecule has 4 aromatic heterocycles. The molecule has 0 atom stereocenters. The van der Waals surface area contributed by atoms with E-state index in [-0.39, 0.29) is 0 Å². The van der Waals surface area contributed by atoms with Gasteiger partial charge in [-0.05, 0) is 45.8 Å². The highest BCUT2D eigenvalue weighted by atomic mass is 32.1. The van der Waals surface area contributed by atoms with Crippen molar-refractivity contribution in [1.29, 1.82) is 0 Å². The lowest BCUT2D eigenvalue weighted by Gasteiger charge is -2.25. The van der Waals surface area contributed by atoms with E-state index in [2.05, 4.69) is 51.9 Å². The summed E-state index contributed by atoms with van der Waals surface area (Å²) in [6.45, 7) is 0. The molecule has 0 bridgehead atoms. The Morgan fingerprint density at radius 2 is 1.18 bits per heavy atom. The number of hydrogen-bond donors (Lipinski definition) is 1. The van der Waals surface area contributed by atoms with E-state index in [9.17, 15) is 5.11 Å². The van der Waals surface area contributed by atoms with Gasteiger partial charge in [-0.3, -0.25) is 0 Å². The van der Waals surface area contributed by atoms with Gasteiger partial charge in [-0.15, -0.1) is 45.3 Å². The largest absolute Gasteiger partial charge is 0.376 e. The first-order chi connectivity index (χ1) is 10.8. The van der Waals surface area contributed by atoms with Gasteiger partial charge >= 0.3 is 0 Å². The molecule has 4 heterocycles. The number of thiophene rings is 4. The third-order valence-electron chi connectivity index (χ3n) is 4.12. The highest BCUT2D eigenvalue weighted by molar-refractivity contribution is 7.21. The number of hydrogen-bond acceptors (Lipinski definition) is 5. The van der Waals surface area contributed by atoms with Gasteiger partial charge in [0.25, 0.3) is 0 Å². The van der Waals surface area contributed by atoms with Crippen LogP contribution in [0.4, 0.5) is 0 Å². The van der Waals surface area contributed by atoms with Crippen LogP contribution in [0.3, 0.4) is 0 Å². The molecule has 108 valence electrons. The lowest BCUT2D eigenvalue weighted by Crippen LogP contribution is -2.25. The molecule has 5 rings (SSSR count). The smallest absolute Gasteiger partial charge is 0.144 e. The first kappa shape index (κ1) is 13.2. The summed E-state index contributed by atoms with van der Waals surface area (Å²) >= 11 is 6.87. The second-order valence-electron chi connectivity index (χ2n) is 5.18. The summed E-state index contributed by atoms with van der Waals surface area (Å²) in [5.41, 5.74) is 2.08. The monoisotopic (exact) mass is 358 g/mol. The molecule has 0 fully saturated rings. The van der Waals surface area contributed by atoms with Gasteiger partial charge in [0.05, 0.1) is 14.6 Å². The second kappa shape index (κ2) is 4.63. The molecule has 1 N–H and O–H groups in total. The van der Waals surface area contributed by atoms with Crippen molar-refractivity contribution >= 4 is 45.3 Å². The van der Waals surface area contributed by atoms with Gasteiger partial charge in [0.15, 0.2) is 0 Å². The molecular formula is C17H10OS4. The highest BCUT2D eigenvalue weighted by Gasteiger charge is 2.46. The van der Waals surface area contributed by atoms with Crippen molar-refractivity contribution in [2.75, 3.05) is 0 Å². The van der Waals surface area contributed by atoms with E-state index in [4.69, 9.17) is 0 Å². The highest BCUT2D eigenvalue weighted by Crippen LogP contribution is 2.57. The number of fused-ring (bicyclic) bond motifs is 3. The Balaban J connectivity index is 1.82. The fourth-order valence-electron chi connectivity index (χ4n) is 3.17. The zero-order chi connectivity index (χ0) is 14.7. The number of aliphatic hydroxyl groups is 1. The molecule has 5 heteroatoms. The first-order valence-electron chi connectivity index (χ1n) is 6.80. The van der Waals surface area contributed by atoms with Crippen LogP contribution in [0, 0.1) is 0 Å². The van der Waals surface area contributed by atoms with Crippen molar-refractivity contribution in [3.63, 3.8) is 0 Å². The summed E-state index contributed by atoms with van der Waals surface area (Å²) in [5.74, 6) is 0. The summed E-state index contributed by atoms with van der Waals surface area (Å²) in [4.78, 5) is 4.83. The van der Waals surface area contributed by atoms with Crippen LogP contribution in [0.5, 0.6) is 0 Å². The topological polar surface area (TPSA) is 20.2 Å². The Morgan fingerprint density at radius 1 is 0.636 bits per heavy atom. The molecular weight excluding hydrogens is 348 g/mol. The fraction of sp³-hybridized carbons (Fsp3) is 0.0588. The Morgan fingerprint density at radius 3 is 1.73 bits per heavy atom. The van der Waals surface area contributed by atoms with Crippen molar-refractivity contribution in [1.82, 2.24) is 0 Å². The van der Waals surface area contributed by atoms with Crippen molar-refractivity contribution < 1.29 is 5.11 Å². The van der Waals surface area contributed by atoms with E-state index in [1.807, 2.05) is 0 Å². The van der Waals surface area contributed by atoms with Crippen LogP contribution in [0.15, 0.2) is 51.9 Å². The zero-order valence-electron chi connectivity index (χ0n) is 11.3. The van der Waals surface area contributed by atoms with Gasteiger partial charge in [0, 0.05) is 21.6 Å². The molecule has 22 heavy (non-hydrogen) atoms. The lowest BCUT2D eigenvalue weighted by atomic mass is 9.86. The van der Waals surface area contributed by atoms with Crippen LogP contribution in [0.1, 0.15) is 16.7 Å². The van der Waals surface area contributed by atoms with Crippen LogP contribution in [0.25, 0.3) is 19.5 Å². The van der Waals surface area contributed by atoms with Gasteiger partial charge < -0.3 is 5.11 Å². The summed E-state index contributed by atoms with van der Waals surface area (Å²) in [7, 11) is 0. The van der Waals surface area contributed by atoms with Gasteiger partial charge in [0.1, 0.15) is 5.60 Å². The van der Waals surface area contributed by atoms with Crippen LogP contribution in [-0.2, 0) is 5.60 Å². The van der Waals surface area contributed by atoms with Crippen molar-refractivity contribution in [3.05, 3.63) is 68.5 Å². The maximum Gasteiger partial charge on any atom is 0.144 e. The van der Waals surface area contributed by atoms with Gasteiger partial charge in [-0.1, -0.05) is 6.07 Å². The second-order valence-corrected chi connectivity index (χ2v) is 8.87.